The Morgan fingerprint density at radius 1 is 1.08 bits per heavy atom. The molecule has 26 heavy (non-hydrogen) atoms. The molecule has 1 aliphatic carbocycles. The SMILES string of the molecule is Cl.Cl.O=c1ccc2nc3ccc(N[C@H]4CN5CCC4CC5)cc3oc-2c1. The molecule has 3 fully saturated rings. The van der Waals surface area contributed by atoms with E-state index in [0.717, 1.165) is 23.7 Å². The highest BCUT2D eigenvalue weighted by Gasteiger charge is 2.33. The second-order valence-corrected chi connectivity index (χ2v) is 6.91. The summed E-state index contributed by atoms with van der Waals surface area (Å²) in [6.45, 7) is 3.60. The minimum atomic E-state index is -0.0611. The molecule has 6 rings (SSSR count). The minimum absolute atomic E-state index is 0. The number of fused-ring (bicyclic) bond motifs is 5. The van der Waals surface area contributed by atoms with Gasteiger partial charge in [0.15, 0.2) is 16.8 Å². The zero-order chi connectivity index (χ0) is 16.1. The van der Waals surface area contributed by atoms with E-state index in [-0.39, 0.29) is 30.2 Å². The van der Waals surface area contributed by atoms with Gasteiger partial charge < -0.3 is 14.6 Å². The molecule has 1 aromatic carbocycles. The van der Waals surface area contributed by atoms with Gasteiger partial charge in [-0.2, -0.15) is 0 Å². The number of halogens is 2. The third-order valence-corrected chi connectivity index (χ3v) is 5.36. The van der Waals surface area contributed by atoms with Gasteiger partial charge >= 0.3 is 0 Å². The van der Waals surface area contributed by atoms with Gasteiger partial charge in [0.1, 0.15) is 11.2 Å². The predicted molar refractivity (Wildman–Crippen MR) is 108 cm³/mol. The fourth-order valence-corrected chi connectivity index (χ4v) is 4.04. The first-order chi connectivity index (χ1) is 11.7. The number of benzene rings is 2. The Bertz CT molecular complexity index is 938. The monoisotopic (exact) mass is 393 g/mol. The second kappa shape index (κ2) is 7.43. The molecule has 5 nitrogen and oxygen atoms in total. The molecule has 1 aromatic rings. The van der Waals surface area contributed by atoms with E-state index in [0.29, 0.717) is 23.1 Å². The van der Waals surface area contributed by atoms with Gasteiger partial charge in [-0.05, 0) is 56.1 Å². The molecule has 3 saturated heterocycles. The van der Waals surface area contributed by atoms with Gasteiger partial charge in [0.25, 0.3) is 0 Å². The molecule has 5 aliphatic rings. The number of aromatic nitrogens is 1. The van der Waals surface area contributed by atoms with E-state index in [1.165, 1.54) is 38.1 Å². The van der Waals surface area contributed by atoms with Crippen molar-refractivity contribution >= 4 is 41.6 Å². The lowest BCUT2D eigenvalue weighted by molar-refractivity contribution is 0.0975. The first-order valence-corrected chi connectivity index (χ1v) is 8.58. The minimum Gasteiger partial charge on any atom is -0.453 e. The van der Waals surface area contributed by atoms with Crippen molar-refractivity contribution in [1.82, 2.24) is 9.88 Å². The number of anilines is 1. The van der Waals surface area contributed by atoms with Gasteiger partial charge in [-0.1, -0.05) is 0 Å². The van der Waals surface area contributed by atoms with E-state index < -0.39 is 0 Å². The Balaban J connectivity index is 0.000000980. The molecule has 7 heteroatoms. The molecule has 0 radical (unpaired) electrons. The van der Waals surface area contributed by atoms with Crippen LogP contribution < -0.4 is 10.7 Å². The highest BCUT2D eigenvalue weighted by molar-refractivity contribution is 5.85. The van der Waals surface area contributed by atoms with Gasteiger partial charge in [0, 0.05) is 30.4 Å². The van der Waals surface area contributed by atoms with E-state index in [2.05, 4.69) is 21.3 Å². The van der Waals surface area contributed by atoms with Crippen molar-refractivity contribution < 1.29 is 4.42 Å². The maximum atomic E-state index is 11.5. The van der Waals surface area contributed by atoms with Crippen LogP contribution in [-0.2, 0) is 0 Å². The van der Waals surface area contributed by atoms with Crippen LogP contribution in [0.15, 0.2) is 45.6 Å². The molecule has 4 heterocycles. The summed E-state index contributed by atoms with van der Waals surface area (Å²) >= 11 is 0. The summed E-state index contributed by atoms with van der Waals surface area (Å²) in [6, 6.07) is 11.3. The highest BCUT2D eigenvalue weighted by Crippen LogP contribution is 2.31. The van der Waals surface area contributed by atoms with Crippen LogP contribution in [0.2, 0.25) is 0 Å². The summed E-state index contributed by atoms with van der Waals surface area (Å²) in [5.41, 5.74) is 3.22. The van der Waals surface area contributed by atoms with Crippen LogP contribution in [0.4, 0.5) is 5.69 Å². The lowest BCUT2D eigenvalue weighted by Gasteiger charge is -2.45. The van der Waals surface area contributed by atoms with Crippen LogP contribution in [0.1, 0.15) is 12.8 Å². The molecule has 0 unspecified atom stereocenters. The van der Waals surface area contributed by atoms with E-state index in [4.69, 9.17) is 4.42 Å². The number of piperidine rings is 3. The number of nitrogens with one attached hydrogen (secondary N) is 1. The second-order valence-electron chi connectivity index (χ2n) is 6.91. The molecular formula is C19H21Cl2N3O2. The van der Waals surface area contributed by atoms with E-state index in [1.807, 2.05) is 12.1 Å². The van der Waals surface area contributed by atoms with Crippen molar-refractivity contribution in [2.24, 2.45) is 5.92 Å². The summed E-state index contributed by atoms with van der Waals surface area (Å²) in [5.74, 6) is 1.30. The van der Waals surface area contributed by atoms with Crippen molar-refractivity contribution in [2.45, 2.75) is 18.9 Å². The summed E-state index contributed by atoms with van der Waals surface area (Å²) < 4.78 is 5.91. The zero-order valence-electron chi connectivity index (χ0n) is 14.2. The zero-order valence-corrected chi connectivity index (χ0v) is 15.8. The molecular weight excluding hydrogens is 373 g/mol. The Morgan fingerprint density at radius 3 is 2.62 bits per heavy atom. The van der Waals surface area contributed by atoms with Gasteiger partial charge in [-0.3, -0.25) is 4.79 Å². The third kappa shape index (κ3) is 3.39. The van der Waals surface area contributed by atoms with E-state index >= 15 is 0 Å². The number of hydrogen-bond acceptors (Lipinski definition) is 5. The maximum absolute atomic E-state index is 11.5. The van der Waals surface area contributed by atoms with Crippen LogP contribution in [0.5, 0.6) is 0 Å². The summed E-state index contributed by atoms with van der Waals surface area (Å²) in [4.78, 5) is 18.6. The van der Waals surface area contributed by atoms with Crippen molar-refractivity contribution in [3.05, 3.63) is 46.6 Å². The van der Waals surface area contributed by atoms with Gasteiger partial charge in [-0.15, -0.1) is 24.8 Å². The first-order valence-electron chi connectivity index (χ1n) is 8.58. The van der Waals surface area contributed by atoms with Crippen molar-refractivity contribution in [3.63, 3.8) is 0 Å². The highest BCUT2D eigenvalue weighted by atomic mass is 35.5. The van der Waals surface area contributed by atoms with Crippen molar-refractivity contribution in [3.8, 4) is 11.5 Å². The van der Waals surface area contributed by atoms with Crippen LogP contribution >= 0.6 is 24.8 Å². The summed E-state index contributed by atoms with van der Waals surface area (Å²) in [7, 11) is 0. The molecule has 2 bridgehead atoms. The Kier molecular flexibility index (Phi) is 5.42. The molecule has 4 aliphatic heterocycles. The quantitative estimate of drug-likeness (QED) is 0.673. The van der Waals surface area contributed by atoms with Crippen LogP contribution in [0, 0.1) is 5.92 Å². The molecule has 0 saturated carbocycles. The van der Waals surface area contributed by atoms with Crippen molar-refractivity contribution in [1.29, 1.82) is 0 Å². The summed E-state index contributed by atoms with van der Waals surface area (Å²) in [6.07, 6.45) is 2.57. The van der Waals surface area contributed by atoms with Gasteiger partial charge in [0.05, 0.1) is 0 Å². The lowest BCUT2D eigenvalue weighted by atomic mass is 9.84. The topological polar surface area (TPSA) is 58.4 Å². The largest absolute Gasteiger partial charge is 0.453 e. The lowest BCUT2D eigenvalue weighted by Crippen LogP contribution is -2.53. The third-order valence-electron chi connectivity index (χ3n) is 5.36. The summed E-state index contributed by atoms with van der Waals surface area (Å²) in [5, 5.41) is 3.67. The molecule has 1 N–H and O–H groups in total. The average Bonchev–Trinajstić information content (AvgIpc) is 2.61. The standard InChI is InChI=1S/C19H19N3O2.2ClH/c23-14-2-4-16-19(10-14)24-18-9-13(1-3-15(18)21-16)20-17-11-22-7-5-12(17)6-8-22;;/h1-4,9-10,12,17,20H,5-8,11H2;2*1H/t17-;;/m0../s1. The fourth-order valence-electron chi connectivity index (χ4n) is 4.04. The normalized spacial score (nSPS) is 24.1. The molecule has 1 atom stereocenters. The average molecular weight is 394 g/mol. The Morgan fingerprint density at radius 2 is 1.88 bits per heavy atom. The van der Waals surface area contributed by atoms with Crippen LogP contribution in [0.25, 0.3) is 22.6 Å². The number of hydrogen-bond donors (Lipinski definition) is 1. The predicted octanol–water partition coefficient (Wildman–Crippen LogP) is 3.64. The van der Waals surface area contributed by atoms with E-state index in [9.17, 15) is 4.79 Å². The van der Waals surface area contributed by atoms with Crippen molar-refractivity contribution in [2.75, 3.05) is 25.0 Å². The maximum Gasteiger partial charge on any atom is 0.182 e. The number of rotatable bonds is 2. The fraction of sp³-hybridized carbons (Fsp3) is 0.368. The first kappa shape index (κ1) is 19.0. The number of nitrogens with zero attached hydrogens (tertiary/aromatic N) is 2. The molecule has 138 valence electrons. The molecule has 0 amide bonds. The molecule has 0 spiro atoms. The molecule has 0 aromatic heterocycles. The van der Waals surface area contributed by atoms with E-state index in [1.54, 1.807) is 6.07 Å². The van der Waals surface area contributed by atoms with Crippen LogP contribution in [-0.4, -0.2) is 35.6 Å². The Labute approximate surface area is 163 Å². The van der Waals surface area contributed by atoms with Gasteiger partial charge in [-0.25, -0.2) is 4.98 Å². The van der Waals surface area contributed by atoms with Crippen LogP contribution in [0.3, 0.4) is 0 Å². The van der Waals surface area contributed by atoms with Gasteiger partial charge in [0.2, 0.25) is 0 Å². The smallest absolute Gasteiger partial charge is 0.182 e. The Hall–Kier alpha value is -1.82.